The molecule has 0 aliphatic heterocycles. The van der Waals surface area contributed by atoms with Gasteiger partial charge in [-0.25, -0.2) is 0 Å². The first-order valence-corrected chi connectivity index (χ1v) is 4.88. The van der Waals surface area contributed by atoms with Crippen molar-refractivity contribution in [1.82, 2.24) is 0 Å². The molecule has 0 amide bonds. The van der Waals surface area contributed by atoms with Gasteiger partial charge < -0.3 is 0 Å². The molecule has 2 unspecified atom stereocenters. The van der Waals surface area contributed by atoms with Crippen LogP contribution < -0.4 is 0 Å². The molecule has 1 aliphatic rings. The van der Waals surface area contributed by atoms with Gasteiger partial charge in [0.05, 0.1) is 9.15 Å². The maximum Gasteiger partial charge on any atom is 0.0599 e. The Morgan fingerprint density at radius 3 is 2.60 bits per heavy atom. The molecule has 0 nitrogen and oxygen atoms in total. The molecule has 0 bridgehead atoms. The summed E-state index contributed by atoms with van der Waals surface area (Å²) in [4.78, 5) is 0.363. The Morgan fingerprint density at radius 1 is 1.50 bits per heavy atom. The minimum absolute atomic E-state index is 0.0295. The van der Waals surface area contributed by atoms with E-state index < -0.39 is 0 Å². The molecule has 1 rings (SSSR count). The van der Waals surface area contributed by atoms with E-state index in [-0.39, 0.29) is 4.32 Å². The molecule has 2 atom stereocenters. The largest absolute Gasteiger partial charge is 0.0826 e. The Hall–Kier alpha value is 0.440. The Morgan fingerprint density at radius 2 is 2.20 bits per heavy atom. The van der Waals surface area contributed by atoms with Crippen molar-refractivity contribution in [3.63, 3.8) is 0 Å². The summed E-state index contributed by atoms with van der Waals surface area (Å²) in [6.45, 7) is 3.87. The molecule has 55 valence electrons. The summed E-state index contributed by atoms with van der Waals surface area (Å²) >= 11 is 7.16. The average Bonchev–Trinajstić information content (AvgIpc) is 1.96. The van der Waals surface area contributed by atoms with Gasteiger partial charge in [0, 0.05) is 0 Å². The van der Waals surface area contributed by atoms with Crippen LogP contribution in [-0.4, -0.2) is 9.15 Å². The lowest BCUT2D eigenvalue weighted by Gasteiger charge is -2.27. The summed E-state index contributed by atoms with van der Waals surface area (Å²) in [6, 6.07) is 0. The molecular weight excluding hydrogens is 256 g/mol. The SMILES string of the molecule is [CH2]CC1(Br)C=CC=CC1Br. The summed E-state index contributed by atoms with van der Waals surface area (Å²) in [5.41, 5.74) is 0. The van der Waals surface area contributed by atoms with Crippen molar-refractivity contribution < 1.29 is 0 Å². The zero-order valence-corrected chi connectivity index (χ0v) is 8.73. The number of alkyl halides is 2. The molecule has 0 aromatic heterocycles. The summed E-state index contributed by atoms with van der Waals surface area (Å²) in [5, 5.41) is 0. The van der Waals surface area contributed by atoms with Crippen LogP contribution in [-0.2, 0) is 0 Å². The van der Waals surface area contributed by atoms with Crippen molar-refractivity contribution in [2.75, 3.05) is 0 Å². The summed E-state index contributed by atoms with van der Waals surface area (Å²) in [5.74, 6) is 0. The van der Waals surface area contributed by atoms with E-state index in [2.05, 4.69) is 50.9 Å². The molecule has 0 saturated heterocycles. The van der Waals surface area contributed by atoms with Gasteiger partial charge in [0.25, 0.3) is 0 Å². The smallest absolute Gasteiger partial charge is 0.0599 e. The first-order chi connectivity index (χ1) is 4.69. The van der Waals surface area contributed by atoms with Crippen LogP contribution in [0.15, 0.2) is 24.3 Å². The minimum Gasteiger partial charge on any atom is -0.0826 e. The van der Waals surface area contributed by atoms with Gasteiger partial charge >= 0.3 is 0 Å². The van der Waals surface area contributed by atoms with Gasteiger partial charge in [0.2, 0.25) is 0 Å². The highest BCUT2D eigenvalue weighted by atomic mass is 79.9. The van der Waals surface area contributed by atoms with Crippen LogP contribution in [0.4, 0.5) is 0 Å². The third-order valence-electron chi connectivity index (χ3n) is 1.61. The normalized spacial score (nSPS) is 38.5. The quantitative estimate of drug-likeness (QED) is 0.638. The van der Waals surface area contributed by atoms with E-state index in [0.717, 1.165) is 6.42 Å². The van der Waals surface area contributed by atoms with Gasteiger partial charge in [-0.15, -0.1) is 0 Å². The highest BCUT2D eigenvalue weighted by Gasteiger charge is 2.29. The third kappa shape index (κ3) is 1.54. The lowest BCUT2D eigenvalue weighted by atomic mass is 9.98. The first-order valence-electron chi connectivity index (χ1n) is 3.17. The minimum atomic E-state index is 0.0295. The summed E-state index contributed by atoms with van der Waals surface area (Å²) < 4.78 is 0.0295. The number of hydrogen-bond acceptors (Lipinski definition) is 0. The van der Waals surface area contributed by atoms with Crippen LogP contribution in [0.1, 0.15) is 6.42 Å². The number of hydrogen-bond donors (Lipinski definition) is 0. The fourth-order valence-corrected chi connectivity index (χ4v) is 1.71. The van der Waals surface area contributed by atoms with Crippen molar-refractivity contribution in [2.24, 2.45) is 0 Å². The third-order valence-corrected chi connectivity index (χ3v) is 4.50. The molecule has 1 radical (unpaired) electrons. The van der Waals surface area contributed by atoms with Gasteiger partial charge in [0.1, 0.15) is 0 Å². The zero-order chi connectivity index (χ0) is 7.61. The van der Waals surface area contributed by atoms with Crippen molar-refractivity contribution in [3.8, 4) is 0 Å². The van der Waals surface area contributed by atoms with Crippen molar-refractivity contribution >= 4 is 31.9 Å². The predicted molar refractivity (Wildman–Crippen MR) is 52.6 cm³/mol. The molecule has 0 aromatic carbocycles. The standard InChI is InChI=1S/C8H9Br2/c1-2-8(10)6-4-3-5-7(8)9/h3-7H,1-2H2. The first kappa shape index (κ1) is 8.54. The van der Waals surface area contributed by atoms with E-state index in [1.54, 1.807) is 0 Å². The second-order valence-electron chi connectivity index (χ2n) is 2.32. The summed E-state index contributed by atoms with van der Waals surface area (Å²) in [7, 11) is 0. The van der Waals surface area contributed by atoms with Crippen LogP contribution in [0.5, 0.6) is 0 Å². The molecule has 0 N–H and O–H groups in total. The van der Waals surface area contributed by atoms with Crippen molar-refractivity contribution in [3.05, 3.63) is 31.2 Å². The second kappa shape index (κ2) is 3.22. The lowest BCUT2D eigenvalue weighted by Crippen LogP contribution is -2.28. The van der Waals surface area contributed by atoms with Gasteiger partial charge in [-0.1, -0.05) is 63.1 Å². The maximum absolute atomic E-state index is 3.87. The van der Waals surface area contributed by atoms with Gasteiger partial charge in [-0.2, -0.15) is 0 Å². The predicted octanol–water partition coefficient (Wildman–Crippen LogP) is 3.23. The van der Waals surface area contributed by atoms with Gasteiger partial charge in [-0.3, -0.25) is 0 Å². The molecule has 0 aromatic rings. The van der Waals surface area contributed by atoms with E-state index >= 15 is 0 Å². The van der Waals surface area contributed by atoms with E-state index in [1.165, 1.54) is 0 Å². The maximum atomic E-state index is 3.87. The zero-order valence-electron chi connectivity index (χ0n) is 5.56. The molecule has 0 saturated carbocycles. The number of halogens is 2. The molecule has 2 heteroatoms. The lowest BCUT2D eigenvalue weighted by molar-refractivity contribution is 0.763. The average molecular weight is 265 g/mol. The molecule has 0 spiro atoms. The molecule has 0 heterocycles. The number of allylic oxidation sites excluding steroid dienone is 4. The second-order valence-corrected chi connectivity index (χ2v) is 4.79. The van der Waals surface area contributed by atoms with Crippen molar-refractivity contribution in [2.45, 2.75) is 15.6 Å². The van der Waals surface area contributed by atoms with E-state index in [4.69, 9.17) is 0 Å². The highest BCUT2D eigenvalue weighted by molar-refractivity contribution is 9.12. The molecule has 0 fully saturated rings. The Bertz CT molecular complexity index is 172. The van der Waals surface area contributed by atoms with Crippen LogP contribution in [0.3, 0.4) is 0 Å². The van der Waals surface area contributed by atoms with Gasteiger partial charge in [-0.05, 0) is 6.42 Å². The fourth-order valence-electron chi connectivity index (χ4n) is 0.850. The molecular formula is C8H9Br2. The van der Waals surface area contributed by atoms with Crippen LogP contribution in [0.25, 0.3) is 0 Å². The van der Waals surface area contributed by atoms with E-state index in [0.29, 0.717) is 4.83 Å². The van der Waals surface area contributed by atoms with Crippen LogP contribution in [0, 0.1) is 6.92 Å². The monoisotopic (exact) mass is 263 g/mol. The van der Waals surface area contributed by atoms with Crippen molar-refractivity contribution in [1.29, 1.82) is 0 Å². The summed E-state index contributed by atoms with van der Waals surface area (Å²) in [6.07, 6.45) is 9.16. The van der Waals surface area contributed by atoms with Gasteiger partial charge in [0.15, 0.2) is 0 Å². The Labute approximate surface area is 78.6 Å². The van der Waals surface area contributed by atoms with E-state index in [1.807, 2.05) is 12.2 Å². The topological polar surface area (TPSA) is 0 Å². The van der Waals surface area contributed by atoms with Crippen LogP contribution >= 0.6 is 31.9 Å². The Kier molecular flexibility index (Phi) is 2.75. The molecule has 1 aliphatic carbocycles. The molecule has 10 heavy (non-hydrogen) atoms. The Balaban J connectivity index is 2.77. The highest BCUT2D eigenvalue weighted by Crippen LogP contribution is 2.35. The number of rotatable bonds is 1. The van der Waals surface area contributed by atoms with E-state index in [9.17, 15) is 0 Å². The van der Waals surface area contributed by atoms with Crippen LogP contribution in [0.2, 0.25) is 0 Å². The fraction of sp³-hybridized carbons (Fsp3) is 0.375.